The Bertz CT molecular complexity index is 1250. The van der Waals surface area contributed by atoms with Crippen LogP contribution in [-0.2, 0) is 21.3 Å². The lowest BCUT2D eigenvalue weighted by Gasteiger charge is -2.16. The molecule has 0 aliphatic heterocycles. The van der Waals surface area contributed by atoms with Crippen molar-refractivity contribution >= 4 is 21.8 Å². The number of carbonyl (C=O) groups excluding carboxylic acids is 1. The van der Waals surface area contributed by atoms with Gasteiger partial charge in [-0.2, -0.15) is 8.42 Å². The lowest BCUT2D eigenvalue weighted by Crippen LogP contribution is -2.12. The molecule has 0 saturated carbocycles. The Kier molecular flexibility index (Phi) is 10.4. The van der Waals surface area contributed by atoms with Crippen LogP contribution in [0.5, 0.6) is 17.2 Å². The first kappa shape index (κ1) is 28.1. The number of para-hydroxylation sites is 1. The summed E-state index contributed by atoms with van der Waals surface area (Å²) in [7, 11) is -3.88. The quantitative estimate of drug-likeness (QED) is 0.114. The van der Waals surface area contributed by atoms with Crippen molar-refractivity contribution in [2.45, 2.75) is 57.8 Å². The van der Waals surface area contributed by atoms with Gasteiger partial charge in [-0.15, -0.1) is 0 Å². The van der Waals surface area contributed by atoms with Crippen LogP contribution in [0.15, 0.2) is 71.6 Å². The molecule has 0 fully saturated rings. The number of hydrogen-bond acceptors (Lipinski definition) is 7. The fourth-order valence-corrected chi connectivity index (χ4v) is 4.55. The highest BCUT2D eigenvalue weighted by Crippen LogP contribution is 2.36. The summed E-state index contributed by atoms with van der Waals surface area (Å²) in [6.07, 6.45) is 3.64. The molecule has 1 N–H and O–H groups in total. The molecule has 0 atom stereocenters. The van der Waals surface area contributed by atoms with Gasteiger partial charge in [0.15, 0.2) is 11.5 Å². The molecule has 0 bridgehead atoms. The van der Waals surface area contributed by atoms with Gasteiger partial charge in [0, 0.05) is 13.0 Å². The molecule has 198 valence electrons. The number of anilines is 1. The van der Waals surface area contributed by atoms with E-state index in [0.29, 0.717) is 36.8 Å². The third-order valence-corrected chi connectivity index (χ3v) is 6.89. The standard InChI is InChI=1S/C29H35NO6S/c1-4-6-12-28(31)35-29-26(10-7-11-27(29)34-5-2)30-21-8-9-23-15-17-24(18-16-23)36-37(32,33)25-19-13-22(3)14-20-25/h7,10-11,13-20,30H,4-6,8-9,12,21H2,1-3H3. The second-order valence-electron chi connectivity index (χ2n) is 8.67. The van der Waals surface area contributed by atoms with E-state index in [9.17, 15) is 13.2 Å². The minimum absolute atomic E-state index is 0.122. The zero-order valence-electron chi connectivity index (χ0n) is 21.7. The molecule has 3 rings (SSSR count). The van der Waals surface area contributed by atoms with Gasteiger partial charge in [0.2, 0.25) is 0 Å². The van der Waals surface area contributed by atoms with E-state index in [1.807, 2.05) is 45.0 Å². The number of esters is 1. The van der Waals surface area contributed by atoms with Gasteiger partial charge in [-0.25, -0.2) is 0 Å². The average Bonchev–Trinajstić information content (AvgIpc) is 2.88. The number of carbonyl (C=O) groups is 1. The van der Waals surface area contributed by atoms with Crippen molar-refractivity contribution in [3.63, 3.8) is 0 Å². The van der Waals surface area contributed by atoms with Gasteiger partial charge in [-0.1, -0.05) is 49.2 Å². The summed E-state index contributed by atoms with van der Waals surface area (Å²) < 4.78 is 41.6. The molecule has 0 radical (unpaired) electrons. The smallest absolute Gasteiger partial charge is 0.339 e. The Labute approximate surface area is 219 Å². The number of nitrogens with one attached hydrogen (secondary N) is 1. The molecule has 3 aromatic rings. The zero-order chi connectivity index (χ0) is 26.7. The van der Waals surface area contributed by atoms with Crippen LogP contribution in [0, 0.1) is 6.92 Å². The molecule has 0 heterocycles. The lowest BCUT2D eigenvalue weighted by atomic mass is 10.1. The Morgan fingerprint density at radius 1 is 0.919 bits per heavy atom. The predicted molar refractivity (Wildman–Crippen MR) is 145 cm³/mol. The maximum Gasteiger partial charge on any atom is 0.339 e. The third-order valence-electron chi connectivity index (χ3n) is 5.63. The minimum Gasteiger partial charge on any atom is -0.490 e. The van der Waals surface area contributed by atoms with Crippen LogP contribution < -0.4 is 19.0 Å². The van der Waals surface area contributed by atoms with Crippen molar-refractivity contribution < 1.29 is 26.9 Å². The summed E-state index contributed by atoms with van der Waals surface area (Å²) in [5.74, 6) is 0.948. The second-order valence-corrected chi connectivity index (χ2v) is 10.2. The molecular weight excluding hydrogens is 490 g/mol. The van der Waals surface area contributed by atoms with E-state index in [2.05, 4.69) is 5.32 Å². The fourth-order valence-electron chi connectivity index (χ4n) is 3.62. The van der Waals surface area contributed by atoms with Crippen molar-refractivity contribution in [3.8, 4) is 17.2 Å². The van der Waals surface area contributed by atoms with Gasteiger partial charge in [-0.3, -0.25) is 4.79 Å². The van der Waals surface area contributed by atoms with Gasteiger partial charge in [0.1, 0.15) is 10.6 Å². The van der Waals surface area contributed by atoms with Gasteiger partial charge in [-0.05, 0) is 75.1 Å². The minimum atomic E-state index is -3.88. The summed E-state index contributed by atoms with van der Waals surface area (Å²) in [5, 5.41) is 3.35. The highest BCUT2D eigenvalue weighted by atomic mass is 32.2. The molecule has 0 unspecified atom stereocenters. The van der Waals surface area contributed by atoms with Crippen molar-refractivity contribution in [1.29, 1.82) is 0 Å². The molecule has 0 aliphatic rings. The van der Waals surface area contributed by atoms with E-state index in [-0.39, 0.29) is 16.6 Å². The number of aryl methyl sites for hydroxylation is 2. The second kappa shape index (κ2) is 13.7. The molecule has 8 heteroatoms. The zero-order valence-corrected chi connectivity index (χ0v) is 22.5. The number of hydrogen-bond donors (Lipinski definition) is 1. The molecule has 37 heavy (non-hydrogen) atoms. The Hall–Kier alpha value is -3.52. The number of rotatable bonds is 14. The van der Waals surface area contributed by atoms with E-state index in [4.69, 9.17) is 13.7 Å². The van der Waals surface area contributed by atoms with Gasteiger partial charge >= 0.3 is 16.1 Å². The first-order chi connectivity index (χ1) is 17.8. The maximum atomic E-state index is 12.5. The van der Waals surface area contributed by atoms with E-state index in [0.717, 1.165) is 36.8 Å². The summed E-state index contributed by atoms with van der Waals surface area (Å²) >= 11 is 0. The van der Waals surface area contributed by atoms with Crippen molar-refractivity contribution in [2.75, 3.05) is 18.5 Å². The Balaban J connectivity index is 1.55. The topological polar surface area (TPSA) is 90.9 Å². The predicted octanol–water partition coefficient (Wildman–Crippen LogP) is 6.30. The summed E-state index contributed by atoms with van der Waals surface area (Å²) in [5.41, 5.74) is 2.74. The highest BCUT2D eigenvalue weighted by Gasteiger charge is 2.17. The van der Waals surface area contributed by atoms with Gasteiger partial charge in [0.05, 0.1) is 12.3 Å². The van der Waals surface area contributed by atoms with Crippen LogP contribution in [-0.4, -0.2) is 27.5 Å². The lowest BCUT2D eigenvalue weighted by molar-refractivity contribution is -0.134. The van der Waals surface area contributed by atoms with Crippen LogP contribution in [0.1, 0.15) is 50.7 Å². The molecule has 0 aliphatic carbocycles. The van der Waals surface area contributed by atoms with Crippen molar-refractivity contribution in [1.82, 2.24) is 0 Å². The number of benzene rings is 3. The van der Waals surface area contributed by atoms with Crippen LogP contribution in [0.3, 0.4) is 0 Å². The maximum absolute atomic E-state index is 12.5. The number of unbranched alkanes of at least 4 members (excludes halogenated alkanes) is 1. The average molecular weight is 526 g/mol. The monoisotopic (exact) mass is 525 g/mol. The van der Waals surface area contributed by atoms with Gasteiger partial charge in [0.25, 0.3) is 0 Å². The van der Waals surface area contributed by atoms with E-state index >= 15 is 0 Å². The normalized spacial score (nSPS) is 11.1. The van der Waals surface area contributed by atoms with Crippen molar-refractivity contribution in [2.24, 2.45) is 0 Å². The summed E-state index contributed by atoms with van der Waals surface area (Å²) in [6, 6.07) is 19.1. The molecule has 0 aromatic heterocycles. The molecule has 0 spiro atoms. The number of ether oxygens (including phenoxy) is 2. The van der Waals surface area contributed by atoms with E-state index < -0.39 is 10.1 Å². The van der Waals surface area contributed by atoms with Crippen LogP contribution in [0.4, 0.5) is 5.69 Å². The fraction of sp³-hybridized carbons (Fsp3) is 0.345. The largest absolute Gasteiger partial charge is 0.490 e. The van der Waals surface area contributed by atoms with E-state index in [1.54, 1.807) is 30.3 Å². The molecule has 3 aromatic carbocycles. The van der Waals surface area contributed by atoms with Crippen LogP contribution >= 0.6 is 0 Å². The summed E-state index contributed by atoms with van der Waals surface area (Å²) in [4.78, 5) is 12.4. The Morgan fingerprint density at radius 3 is 2.32 bits per heavy atom. The Morgan fingerprint density at radius 2 is 1.65 bits per heavy atom. The van der Waals surface area contributed by atoms with Gasteiger partial charge < -0.3 is 19.0 Å². The molecule has 0 amide bonds. The first-order valence-corrected chi connectivity index (χ1v) is 14.0. The van der Waals surface area contributed by atoms with Crippen LogP contribution in [0.25, 0.3) is 0 Å². The molecular formula is C29H35NO6S. The first-order valence-electron chi connectivity index (χ1n) is 12.6. The molecule has 7 nitrogen and oxygen atoms in total. The van der Waals surface area contributed by atoms with Crippen LogP contribution in [0.2, 0.25) is 0 Å². The molecule has 0 saturated heterocycles. The third kappa shape index (κ3) is 8.53. The summed E-state index contributed by atoms with van der Waals surface area (Å²) in [6.45, 7) is 6.93. The SMILES string of the molecule is CCCCC(=O)Oc1c(NCCCc2ccc(OS(=O)(=O)c3ccc(C)cc3)cc2)cccc1OCC. The van der Waals surface area contributed by atoms with E-state index in [1.165, 1.54) is 12.1 Å². The highest BCUT2D eigenvalue weighted by molar-refractivity contribution is 7.87. The van der Waals surface area contributed by atoms with Crippen molar-refractivity contribution in [3.05, 3.63) is 77.9 Å².